The van der Waals surface area contributed by atoms with Crippen LogP contribution in [0.3, 0.4) is 0 Å². The van der Waals surface area contributed by atoms with Crippen LogP contribution in [-0.2, 0) is 11.2 Å². The van der Waals surface area contributed by atoms with Crippen LogP contribution in [0.15, 0.2) is 48.9 Å². The summed E-state index contributed by atoms with van der Waals surface area (Å²) in [6.07, 6.45) is 18.9. The molecule has 0 spiro atoms. The zero-order chi connectivity index (χ0) is 30.2. The molecule has 0 radical (unpaired) electrons. The molecule has 1 aromatic carbocycles. The predicted molar refractivity (Wildman–Crippen MR) is 168 cm³/mol. The maximum Gasteiger partial charge on any atom is 0.460 e. The first-order chi connectivity index (χ1) is 20.3. The monoisotopic (exact) mass is 578 g/mol. The van der Waals surface area contributed by atoms with Gasteiger partial charge in [-0.2, -0.15) is 0 Å². The molecular formula is C33H51BN4O4. The molecule has 1 aromatic heterocycles. The Hall–Kier alpha value is -2.78. The number of hydrogen-bond donors (Lipinski definition) is 4. The Morgan fingerprint density at radius 2 is 1.43 bits per heavy atom. The van der Waals surface area contributed by atoms with Crippen molar-refractivity contribution in [3.63, 3.8) is 0 Å². The Labute approximate surface area is 252 Å². The first-order valence-electron chi connectivity index (χ1n) is 16.1. The molecule has 1 fully saturated rings. The normalized spacial score (nSPS) is 18.3. The Bertz CT molecular complexity index is 1040. The van der Waals surface area contributed by atoms with Crippen molar-refractivity contribution in [1.82, 2.24) is 20.6 Å². The van der Waals surface area contributed by atoms with Crippen LogP contribution in [0.1, 0.15) is 120 Å². The molecule has 4 N–H and O–H groups in total. The summed E-state index contributed by atoms with van der Waals surface area (Å²) in [5.41, 5.74) is 1.04. The topological polar surface area (TPSA) is 124 Å². The summed E-state index contributed by atoms with van der Waals surface area (Å²) >= 11 is 0. The SMILES string of the molecule is CC(C)C[C@H](NC(=O)[C@H](Cc1ccccc1)NC(=O)c1cnccn1)C1(B(O)O)CCCCCCCCCCCCC1. The van der Waals surface area contributed by atoms with Crippen LogP contribution in [0.2, 0.25) is 5.31 Å². The lowest BCUT2D eigenvalue weighted by Crippen LogP contribution is -2.57. The smallest absolute Gasteiger partial charge is 0.427 e. The average Bonchev–Trinajstić information content (AvgIpc) is 2.98. The quantitative estimate of drug-likeness (QED) is 0.270. The van der Waals surface area contributed by atoms with E-state index in [1.165, 1.54) is 50.7 Å². The summed E-state index contributed by atoms with van der Waals surface area (Å²) in [6, 6.07) is 8.25. The molecule has 42 heavy (non-hydrogen) atoms. The molecule has 1 heterocycles. The third-order valence-electron chi connectivity index (χ3n) is 8.72. The second kappa shape index (κ2) is 18.0. The van der Waals surface area contributed by atoms with Gasteiger partial charge < -0.3 is 20.7 Å². The van der Waals surface area contributed by atoms with Crippen LogP contribution in [0.25, 0.3) is 0 Å². The van der Waals surface area contributed by atoms with Gasteiger partial charge in [-0.05, 0) is 30.7 Å². The van der Waals surface area contributed by atoms with E-state index in [0.717, 1.165) is 44.1 Å². The minimum absolute atomic E-state index is 0.135. The molecule has 1 aliphatic rings. The number of amides is 2. The van der Waals surface area contributed by atoms with E-state index < -0.39 is 30.4 Å². The van der Waals surface area contributed by atoms with E-state index in [4.69, 9.17) is 0 Å². The molecule has 0 aliphatic heterocycles. The fourth-order valence-corrected chi connectivity index (χ4v) is 6.30. The van der Waals surface area contributed by atoms with Crippen LogP contribution < -0.4 is 10.6 Å². The fourth-order valence-electron chi connectivity index (χ4n) is 6.30. The average molecular weight is 579 g/mol. The molecule has 0 unspecified atom stereocenters. The van der Waals surface area contributed by atoms with Crippen LogP contribution in [0.4, 0.5) is 0 Å². The number of hydrogen-bond acceptors (Lipinski definition) is 6. The second-order valence-corrected chi connectivity index (χ2v) is 12.5. The first kappa shape index (κ1) is 33.7. The van der Waals surface area contributed by atoms with Gasteiger partial charge in [0.15, 0.2) is 0 Å². The number of nitrogens with one attached hydrogen (secondary N) is 2. The van der Waals surface area contributed by atoms with Crippen LogP contribution in [0, 0.1) is 5.92 Å². The molecule has 1 saturated carbocycles. The Balaban J connectivity index is 1.88. The molecule has 0 saturated heterocycles. The largest absolute Gasteiger partial charge is 0.460 e. The van der Waals surface area contributed by atoms with Gasteiger partial charge in [0.1, 0.15) is 11.7 Å². The standard InChI is InChI=1S/C33H51BN4O4/c1-26(2)23-30(33(34(41)42)19-15-10-8-6-4-3-5-7-9-11-16-20-33)38-31(39)28(24-27-17-13-12-14-18-27)37-32(40)29-25-35-21-22-36-29/h12-14,17-18,21-22,25-26,28,30,41-42H,3-11,15-16,19-20,23-24H2,1-2H3,(H,37,40)(H,38,39)/t28-,30-/m0/s1. The maximum absolute atomic E-state index is 14.0. The van der Waals surface area contributed by atoms with E-state index in [9.17, 15) is 19.6 Å². The number of nitrogens with zero attached hydrogens (tertiary/aromatic N) is 2. The Kier molecular flexibility index (Phi) is 14.5. The summed E-state index contributed by atoms with van der Waals surface area (Å²) in [6.45, 7) is 4.19. The van der Waals surface area contributed by atoms with Crippen molar-refractivity contribution < 1.29 is 19.6 Å². The molecule has 230 valence electrons. The lowest BCUT2D eigenvalue weighted by molar-refractivity contribution is -0.124. The lowest BCUT2D eigenvalue weighted by atomic mass is 9.48. The van der Waals surface area contributed by atoms with Crippen molar-refractivity contribution in [2.45, 2.75) is 128 Å². The van der Waals surface area contributed by atoms with Crippen LogP contribution >= 0.6 is 0 Å². The van der Waals surface area contributed by atoms with Gasteiger partial charge in [-0.15, -0.1) is 0 Å². The van der Waals surface area contributed by atoms with Crippen molar-refractivity contribution in [3.05, 3.63) is 60.2 Å². The third-order valence-corrected chi connectivity index (χ3v) is 8.72. The molecular weight excluding hydrogens is 527 g/mol. The molecule has 3 rings (SSSR count). The zero-order valence-electron chi connectivity index (χ0n) is 25.6. The summed E-state index contributed by atoms with van der Waals surface area (Å²) in [5, 5.41) is 27.3. The van der Waals surface area contributed by atoms with E-state index in [0.29, 0.717) is 25.7 Å². The highest BCUT2D eigenvalue weighted by molar-refractivity contribution is 6.46. The highest BCUT2D eigenvalue weighted by atomic mass is 16.4. The molecule has 1 aliphatic carbocycles. The molecule has 0 bridgehead atoms. The van der Waals surface area contributed by atoms with Crippen molar-refractivity contribution in [1.29, 1.82) is 0 Å². The van der Waals surface area contributed by atoms with Crippen LogP contribution in [0.5, 0.6) is 0 Å². The van der Waals surface area contributed by atoms with E-state index in [1.807, 2.05) is 30.3 Å². The van der Waals surface area contributed by atoms with E-state index in [1.54, 1.807) is 0 Å². The molecule has 8 nitrogen and oxygen atoms in total. The van der Waals surface area contributed by atoms with Gasteiger partial charge >= 0.3 is 7.12 Å². The van der Waals surface area contributed by atoms with Gasteiger partial charge in [0, 0.05) is 30.2 Å². The second-order valence-electron chi connectivity index (χ2n) is 12.5. The van der Waals surface area contributed by atoms with E-state index in [-0.39, 0.29) is 17.5 Å². The third kappa shape index (κ3) is 10.8. The number of carbonyl (C=O) groups excluding carboxylic acids is 2. The Morgan fingerprint density at radius 1 is 0.857 bits per heavy atom. The van der Waals surface area contributed by atoms with E-state index >= 15 is 0 Å². The first-order valence-corrected chi connectivity index (χ1v) is 16.1. The summed E-state index contributed by atoms with van der Waals surface area (Å²) < 4.78 is 0. The summed E-state index contributed by atoms with van der Waals surface area (Å²) in [4.78, 5) is 35.2. The molecule has 9 heteroatoms. The molecule has 2 atom stereocenters. The van der Waals surface area contributed by atoms with Gasteiger partial charge in [-0.1, -0.05) is 115 Å². The Morgan fingerprint density at radius 3 is 1.93 bits per heavy atom. The van der Waals surface area contributed by atoms with Gasteiger partial charge in [0.05, 0.1) is 6.20 Å². The van der Waals surface area contributed by atoms with E-state index in [2.05, 4.69) is 34.4 Å². The fraction of sp³-hybridized carbons (Fsp3) is 0.636. The number of benzene rings is 1. The van der Waals surface area contributed by atoms with Crippen LogP contribution in [-0.4, -0.2) is 51.0 Å². The minimum Gasteiger partial charge on any atom is -0.427 e. The maximum atomic E-state index is 14.0. The van der Waals surface area contributed by atoms with Crippen molar-refractivity contribution in [2.75, 3.05) is 0 Å². The van der Waals surface area contributed by atoms with Crippen molar-refractivity contribution >= 4 is 18.9 Å². The molecule has 2 aromatic rings. The summed E-state index contributed by atoms with van der Waals surface area (Å²) in [5.74, 6) is -0.587. The minimum atomic E-state index is -1.56. The lowest BCUT2D eigenvalue weighted by Gasteiger charge is -2.42. The highest BCUT2D eigenvalue weighted by Gasteiger charge is 2.48. The van der Waals surface area contributed by atoms with Crippen molar-refractivity contribution in [3.8, 4) is 0 Å². The number of rotatable bonds is 10. The summed E-state index contributed by atoms with van der Waals surface area (Å²) in [7, 11) is -1.56. The highest BCUT2D eigenvalue weighted by Crippen LogP contribution is 2.46. The van der Waals surface area contributed by atoms with Gasteiger partial charge in [0.25, 0.3) is 5.91 Å². The number of carbonyl (C=O) groups is 2. The predicted octanol–water partition coefficient (Wildman–Crippen LogP) is 5.65. The zero-order valence-corrected chi connectivity index (χ0v) is 25.6. The molecule has 2 amide bonds. The number of aromatic nitrogens is 2. The van der Waals surface area contributed by atoms with Gasteiger partial charge in [0.2, 0.25) is 5.91 Å². The van der Waals surface area contributed by atoms with Crippen molar-refractivity contribution in [2.24, 2.45) is 5.92 Å². The van der Waals surface area contributed by atoms with Gasteiger partial charge in [-0.3, -0.25) is 14.6 Å². The van der Waals surface area contributed by atoms with Gasteiger partial charge in [-0.25, -0.2) is 4.98 Å².